The quantitative estimate of drug-likeness (QED) is 0.631. The fourth-order valence-corrected chi connectivity index (χ4v) is 4.88. The lowest BCUT2D eigenvalue weighted by molar-refractivity contribution is -0.122. The Bertz CT molecular complexity index is 980. The standard InChI is InChI=1S/C24H33N3O4S/c1-24(2,3)20-6-8-21(9-7-20)32(29,30)26-14-10-22(28)27-23(18-11-15-31-16-12-18)19-5-4-13-25-17-19/h4-9,13,17-18,23,26H,10-12,14-16H2,1-3H3,(H,27,28). The highest BCUT2D eigenvalue weighted by molar-refractivity contribution is 7.89. The minimum absolute atomic E-state index is 0.0305. The fourth-order valence-electron chi connectivity index (χ4n) is 3.84. The molecule has 1 amide bonds. The van der Waals surface area contributed by atoms with Crippen molar-refractivity contribution in [1.82, 2.24) is 15.0 Å². The predicted molar refractivity (Wildman–Crippen MR) is 124 cm³/mol. The molecule has 2 aromatic rings. The molecule has 2 N–H and O–H groups in total. The van der Waals surface area contributed by atoms with Gasteiger partial charge in [-0.15, -0.1) is 0 Å². The molecule has 7 nitrogen and oxygen atoms in total. The number of nitrogens with one attached hydrogen (secondary N) is 2. The monoisotopic (exact) mass is 459 g/mol. The number of ether oxygens (including phenoxy) is 1. The highest BCUT2D eigenvalue weighted by atomic mass is 32.2. The average Bonchev–Trinajstić information content (AvgIpc) is 2.78. The number of nitrogens with zero attached hydrogens (tertiary/aromatic N) is 1. The summed E-state index contributed by atoms with van der Waals surface area (Å²) in [6.07, 6.45) is 5.24. The van der Waals surface area contributed by atoms with Crippen LogP contribution in [-0.4, -0.2) is 39.1 Å². The summed E-state index contributed by atoms with van der Waals surface area (Å²) < 4.78 is 33.2. The average molecular weight is 460 g/mol. The second-order valence-corrected chi connectivity index (χ2v) is 11.0. The van der Waals surface area contributed by atoms with Crippen LogP contribution in [0.4, 0.5) is 0 Å². The molecule has 1 fully saturated rings. The summed E-state index contributed by atoms with van der Waals surface area (Å²) in [5.74, 6) is 0.0612. The number of hydrogen-bond donors (Lipinski definition) is 2. The van der Waals surface area contributed by atoms with Crippen molar-refractivity contribution in [3.05, 3.63) is 59.9 Å². The molecule has 1 saturated heterocycles. The van der Waals surface area contributed by atoms with E-state index < -0.39 is 10.0 Å². The lowest BCUT2D eigenvalue weighted by atomic mass is 9.87. The van der Waals surface area contributed by atoms with Gasteiger partial charge in [0.2, 0.25) is 15.9 Å². The van der Waals surface area contributed by atoms with Crippen molar-refractivity contribution in [2.45, 2.75) is 56.4 Å². The van der Waals surface area contributed by atoms with Crippen LogP contribution in [0, 0.1) is 5.92 Å². The lowest BCUT2D eigenvalue weighted by Crippen LogP contribution is -2.37. The molecular weight excluding hydrogens is 426 g/mol. The summed E-state index contributed by atoms with van der Waals surface area (Å²) in [4.78, 5) is 17.0. The summed E-state index contributed by atoms with van der Waals surface area (Å²) in [5.41, 5.74) is 1.96. The molecule has 3 rings (SSSR count). The van der Waals surface area contributed by atoms with Crippen LogP contribution < -0.4 is 10.0 Å². The first-order chi connectivity index (χ1) is 15.2. The van der Waals surface area contributed by atoms with E-state index in [0.29, 0.717) is 13.2 Å². The normalized spacial score (nSPS) is 16.5. The van der Waals surface area contributed by atoms with Gasteiger partial charge in [0.1, 0.15) is 0 Å². The number of amides is 1. The van der Waals surface area contributed by atoms with Gasteiger partial charge in [-0.05, 0) is 53.5 Å². The molecule has 1 aromatic heterocycles. The SMILES string of the molecule is CC(C)(C)c1ccc(S(=O)(=O)NCCC(=O)NC(c2cccnc2)C2CCOCC2)cc1. The molecule has 1 atom stereocenters. The molecule has 2 heterocycles. The summed E-state index contributed by atoms with van der Waals surface area (Å²) >= 11 is 0. The van der Waals surface area contributed by atoms with Crippen LogP contribution in [0.25, 0.3) is 0 Å². The summed E-state index contributed by atoms with van der Waals surface area (Å²) in [5, 5.41) is 3.08. The number of pyridine rings is 1. The first-order valence-electron chi connectivity index (χ1n) is 11.0. The lowest BCUT2D eigenvalue weighted by Gasteiger charge is -2.31. The third-order valence-electron chi connectivity index (χ3n) is 5.77. The molecule has 174 valence electrons. The maximum absolute atomic E-state index is 12.6. The van der Waals surface area contributed by atoms with E-state index in [1.807, 2.05) is 24.3 Å². The first-order valence-corrected chi connectivity index (χ1v) is 12.5. The van der Waals surface area contributed by atoms with Crippen LogP contribution >= 0.6 is 0 Å². The Balaban J connectivity index is 1.58. The van der Waals surface area contributed by atoms with Gasteiger partial charge in [-0.1, -0.05) is 39.0 Å². The second kappa shape index (κ2) is 10.6. The zero-order valence-electron chi connectivity index (χ0n) is 19.0. The molecule has 32 heavy (non-hydrogen) atoms. The van der Waals surface area contributed by atoms with Crippen molar-refractivity contribution < 1.29 is 17.9 Å². The molecule has 1 aliphatic rings. The van der Waals surface area contributed by atoms with Crippen molar-refractivity contribution >= 4 is 15.9 Å². The highest BCUT2D eigenvalue weighted by Crippen LogP contribution is 2.30. The number of aromatic nitrogens is 1. The Morgan fingerprint density at radius 1 is 1.16 bits per heavy atom. The van der Waals surface area contributed by atoms with E-state index in [-0.39, 0.29) is 41.1 Å². The molecule has 0 radical (unpaired) electrons. The minimum Gasteiger partial charge on any atom is -0.381 e. The minimum atomic E-state index is -3.68. The molecule has 0 saturated carbocycles. The number of hydrogen-bond acceptors (Lipinski definition) is 5. The maximum atomic E-state index is 12.6. The van der Waals surface area contributed by atoms with Gasteiger partial charge in [0.05, 0.1) is 10.9 Å². The molecular formula is C24H33N3O4S. The molecule has 0 bridgehead atoms. The maximum Gasteiger partial charge on any atom is 0.240 e. The molecule has 1 aliphatic heterocycles. The van der Waals surface area contributed by atoms with Gasteiger partial charge < -0.3 is 10.1 Å². The molecule has 1 unspecified atom stereocenters. The van der Waals surface area contributed by atoms with Gasteiger partial charge in [0.25, 0.3) is 0 Å². The number of rotatable bonds is 8. The zero-order chi connectivity index (χ0) is 23.2. The zero-order valence-corrected chi connectivity index (χ0v) is 19.8. The number of carbonyl (C=O) groups is 1. The van der Waals surface area contributed by atoms with Crippen LogP contribution in [0.15, 0.2) is 53.7 Å². The van der Waals surface area contributed by atoms with Crippen molar-refractivity contribution in [1.29, 1.82) is 0 Å². The number of carbonyl (C=O) groups excluding carboxylic acids is 1. The van der Waals surface area contributed by atoms with Crippen LogP contribution in [0.5, 0.6) is 0 Å². The van der Waals surface area contributed by atoms with E-state index in [2.05, 4.69) is 35.8 Å². The van der Waals surface area contributed by atoms with Crippen molar-refractivity contribution in [3.63, 3.8) is 0 Å². The van der Waals surface area contributed by atoms with E-state index >= 15 is 0 Å². The molecule has 8 heteroatoms. The van der Waals surface area contributed by atoms with Gasteiger partial charge in [0, 0.05) is 38.6 Å². The van der Waals surface area contributed by atoms with Crippen LogP contribution in [0.1, 0.15) is 57.2 Å². The van der Waals surface area contributed by atoms with E-state index in [1.54, 1.807) is 24.5 Å². The van der Waals surface area contributed by atoms with Gasteiger partial charge in [-0.2, -0.15) is 0 Å². The topological polar surface area (TPSA) is 97.4 Å². The smallest absolute Gasteiger partial charge is 0.240 e. The van der Waals surface area contributed by atoms with Crippen LogP contribution in [0.3, 0.4) is 0 Å². The van der Waals surface area contributed by atoms with Crippen LogP contribution in [-0.2, 0) is 25.0 Å². The van der Waals surface area contributed by atoms with Gasteiger partial charge >= 0.3 is 0 Å². The molecule has 0 spiro atoms. The number of sulfonamides is 1. The van der Waals surface area contributed by atoms with Crippen molar-refractivity contribution in [2.75, 3.05) is 19.8 Å². The van der Waals surface area contributed by atoms with Gasteiger partial charge in [-0.25, -0.2) is 13.1 Å². The third kappa shape index (κ3) is 6.60. The van der Waals surface area contributed by atoms with E-state index in [0.717, 1.165) is 24.0 Å². The Labute approximate surface area is 191 Å². The number of benzene rings is 1. The Kier molecular flexibility index (Phi) is 8.03. The second-order valence-electron chi connectivity index (χ2n) is 9.20. The fraction of sp³-hybridized carbons (Fsp3) is 0.500. The van der Waals surface area contributed by atoms with E-state index in [1.165, 1.54) is 0 Å². The summed E-state index contributed by atoms with van der Waals surface area (Å²) in [6.45, 7) is 7.60. The first kappa shape index (κ1) is 24.4. The van der Waals surface area contributed by atoms with Crippen LogP contribution in [0.2, 0.25) is 0 Å². The Hall–Kier alpha value is -2.29. The third-order valence-corrected chi connectivity index (χ3v) is 7.25. The predicted octanol–water partition coefficient (Wildman–Crippen LogP) is 3.33. The summed E-state index contributed by atoms with van der Waals surface area (Å²) in [7, 11) is -3.68. The van der Waals surface area contributed by atoms with Gasteiger partial charge in [-0.3, -0.25) is 9.78 Å². The van der Waals surface area contributed by atoms with Crippen molar-refractivity contribution in [2.24, 2.45) is 5.92 Å². The van der Waals surface area contributed by atoms with Gasteiger partial charge in [0.15, 0.2) is 0 Å². The molecule has 0 aliphatic carbocycles. The van der Waals surface area contributed by atoms with Crippen molar-refractivity contribution in [3.8, 4) is 0 Å². The Morgan fingerprint density at radius 2 is 1.84 bits per heavy atom. The van der Waals surface area contributed by atoms with E-state index in [4.69, 9.17) is 4.74 Å². The summed E-state index contributed by atoms with van der Waals surface area (Å²) in [6, 6.07) is 10.5. The Morgan fingerprint density at radius 3 is 2.44 bits per heavy atom. The highest BCUT2D eigenvalue weighted by Gasteiger charge is 2.27. The largest absolute Gasteiger partial charge is 0.381 e. The van der Waals surface area contributed by atoms with E-state index in [9.17, 15) is 13.2 Å². The molecule has 1 aromatic carbocycles.